The van der Waals surface area contributed by atoms with Gasteiger partial charge in [-0.3, -0.25) is 14.6 Å². The molecule has 0 saturated heterocycles. The van der Waals surface area contributed by atoms with E-state index in [9.17, 15) is 9.59 Å². The fourth-order valence-corrected chi connectivity index (χ4v) is 4.87. The second kappa shape index (κ2) is 7.60. The maximum atomic E-state index is 12.5. The van der Waals surface area contributed by atoms with E-state index in [1.807, 2.05) is 19.1 Å². The Bertz CT molecular complexity index is 1030. The number of nitrogens with one attached hydrogen (secondary N) is 2. The van der Waals surface area contributed by atoms with Gasteiger partial charge in [-0.05, 0) is 49.8 Å². The molecule has 4 rings (SSSR count). The Morgan fingerprint density at radius 1 is 1.37 bits per heavy atom. The minimum absolute atomic E-state index is 0.0698. The highest BCUT2D eigenvalue weighted by atomic mass is 32.1. The van der Waals surface area contributed by atoms with Gasteiger partial charge in [-0.25, -0.2) is 4.98 Å². The summed E-state index contributed by atoms with van der Waals surface area (Å²) in [5.74, 6) is 0.509. The number of carbonyl (C=O) groups excluding carboxylic acids is 1. The highest BCUT2D eigenvalue weighted by Crippen LogP contribution is 2.33. The predicted octanol–water partition coefficient (Wildman–Crippen LogP) is 3.07. The summed E-state index contributed by atoms with van der Waals surface area (Å²) < 4.78 is 0. The molecule has 0 spiro atoms. The van der Waals surface area contributed by atoms with Crippen LogP contribution in [0.4, 0.5) is 0 Å². The van der Waals surface area contributed by atoms with Crippen molar-refractivity contribution in [1.29, 1.82) is 0 Å². The summed E-state index contributed by atoms with van der Waals surface area (Å²) >= 11 is 1.63. The molecule has 1 aliphatic rings. The van der Waals surface area contributed by atoms with E-state index >= 15 is 0 Å². The standard InChI is InChI=1S/C20H22N4O2S/c1-12(13-5-4-10-21-11-13)22-17(25)9-8-16-23-19(26)18-14-6-2-3-7-15(14)27-20(18)24-16/h4-5,10-12H,2-3,6-9H2,1H3,(H,22,25)(H,23,24,26). The van der Waals surface area contributed by atoms with Crippen LogP contribution in [0.15, 0.2) is 29.3 Å². The van der Waals surface area contributed by atoms with Crippen LogP contribution in [-0.2, 0) is 24.1 Å². The number of aromatic amines is 1. The Morgan fingerprint density at radius 2 is 2.22 bits per heavy atom. The Hall–Kier alpha value is -2.54. The van der Waals surface area contributed by atoms with E-state index < -0.39 is 0 Å². The van der Waals surface area contributed by atoms with Crippen LogP contribution in [0.1, 0.15) is 54.1 Å². The number of fused-ring (bicyclic) bond motifs is 3. The molecule has 3 aromatic rings. The summed E-state index contributed by atoms with van der Waals surface area (Å²) in [6.07, 6.45) is 8.47. The number of hydrogen-bond donors (Lipinski definition) is 2. The van der Waals surface area contributed by atoms with Gasteiger partial charge in [0.05, 0.1) is 11.4 Å². The van der Waals surface area contributed by atoms with Gasteiger partial charge in [-0.1, -0.05) is 6.07 Å². The van der Waals surface area contributed by atoms with Crippen molar-refractivity contribution < 1.29 is 4.79 Å². The van der Waals surface area contributed by atoms with Gasteiger partial charge in [0.2, 0.25) is 5.91 Å². The van der Waals surface area contributed by atoms with Crippen LogP contribution in [0.5, 0.6) is 0 Å². The SMILES string of the molecule is CC(NC(=O)CCc1nc2sc3c(c2c(=O)[nH]1)CCCC3)c1cccnc1. The van der Waals surface area contributed by atoms with E-state index in [0.717, 1.165) is 35.0 Å². The summed E-state index contributed by atoms with van der Waals surface area (Å²) in [5.41, 5.74) is 2.08. The summed E-state index contributed by atoms with van der Waals surface area (Å²) in [6.45, 7) is 1.93. The first-order valence-corrected chi connectivity index (χ1v) is 10.2. The summed E-state index contributed by atoms with van der Waals surface area (Å²) in [5, 5.41) is 3.72. The van der Waals surface area contributed by atoms with Gasteiger partial charge in [0.25, 0.3) is 5.56 Å². The molecule has 1 amide bonds. The first-order valence-electron chi connectivity index (χ1n) is 9.34. The molecule has 0 bridgehead atoms. The number of aromatic nitrogens is 3. The monoisotopic (exact) mass is 382 g/mol. The van der Waals surface area contributed by atoms with Crippen molar-refractivity contribution in [3.63, 3.8) is 0 Å². The lowest BCUT2D eigenvalue weighted by Crippen LogP contribution is -2.27. The molecule has 0 aliphatic heterocycles. The highest BCUT2D eigenvalue weighted by Gasteiger charge is 2.20. The van der Waals surface area contributed by atoms with Crippen LogP contribution in [0, 0.1) is 0 Å². The number of pyridine rings is 1. The van der Waals surface area contributed by atoms with Crippen molar-refractivity contribution in [3.8, 4) is 0 Å². The number of rotatable bonds is 5. The van der Waals surface area contributed by atoms with Crippen molar-refractivity contribution in [2.45, 2.75) is 51.5 Å². The number of H-pyrrole nitrogens is 1. The van der Waals surface area contributed by atoms with Crippen LogP contribution in [0.2, 0.25) is 0 Å². The number of thiophene rings is 1. The molecule has 0 aromatic carbocycles. The van der Waals surface area contributed by atoms with E-state index in [-0.39, 0.29) is 23.9 Å². The van der Waals surface area contributed by atoms with Crippen molar-refractivity contribution >= 4 is 27.5 Å². The van der Waals surface area contributed by atoms with Crippen LogP contribution in [0.25, 0.3) is 10.2 Å². The fourth-order valence-electron chi connectivity index (χ4n) is 3.59. The topological polar surface area (TPSA) is 87.7 Å². The molecule has 140 valence electrons. The van der Waals surface area contributed by atoms with E-state index in [2.05, 4.69) is 20.3 Å². The summed E-state index contributed by atoms with van der Waals surface area (Å²) in [4.78, 5) is 38.5. The minimum atomic E-state index is -0.107. The third-order valence-electron chi connectivity index (χ3n) is 5.02. The second-order valence-electron chi connectivity index (χ2n) is 6.98. The number of aryl methyl sites for hydroxylation is 3. The zero-order chi connectivity index (χ0) is 18.8. The normalized spacial score (nSPS) is 14.7. The molecule has 7 heteroatoms. The van der Waals surface area contributed by atoms with Gasteiger partial charge < -0.3 is 10.3 Å². The van der Waals surface area contributed by atoms with Crippen molar-refractivity contribution in [2.24, 2.45) is 0 Å². The van der Waals surface area contributed by atoms with Crippen molar-refractivity contribution in [3.05, 3.63) is 56.7 Å². The van der Waals surface area contributed by atoms with Gasteiger partial charge in [0.15, 0.2) is 0 Å². The Labute approximate surface area is 161 Å². The summed E-state index contributed by atoms with van der Waals surface area (Å²) in [6, 6.07) is 3.68. The zero-order valence-electron chi connectivity index (χ0n) is 15.2. The van der Waals surface area contributed by atoms with Crippen LogP contribution < -0.4 is 10.9 Å². The molecule has 0 saturated carbocycles. The van der Waals surface area contributed by atoms with E-state index in [1.54, 1.807) is 23.7 Å². The van der Waals surface area contributed by atoms with Gasteiger partial charge in [-0.2, -0.15) is 0 Å². The first-order chi connectivity index (χ1) is 13.1. The highest BCUT2D eigenvalue weighted by molar-refractivity contribution is 7.18. The molecule has 27 heavy (non-hydrogen) atoms. The Kier molecular flexibility index (Phi) is 5.03. The van der Waals surface area contributed by atoms with Crippen LogP contribution in [-0.4, -0.2) is 20.9 Å². The average Bonchev–Trinajstić information content (AvgIpc) is 3.06. The van der Waals surface area contributed by atoms with E-state index in [0.29, 0.717) is 12.2 Å². The largest absolute Gasteiger partial charge is 0.350 e. The number of nitrogens with zero attached hydrogens (tertiary/aromatic N) is 2. The van der Waals surface area contributed by atoms with Gasteiger partial charge in [0.1, 0.15) is 10.7 Å². The minimum Gasteiger partial charge on any atom is -0.350 e. The third-order valence-corrected chi connectivity index (χ3v) is 6.21. The molecule has 3 heterocycles. The van der Waals surface area contributed by atoms with Gasteiger partial charge in [0, 0.05) is 30.1 Å². The number of amides is 1. The lowest BCUT2D eigenvalue weighted by molar-refractivity contribution is -0.121. The predicted molar refractivity (Wildman–Crippen MR) is 106 cm³/mol. The number of carbonyl (C=O) groups is 1. The second-order valence-corrected chi connectivity index (χ2v) is 8.06. The molecule has 3 aromatic heterocycles. The maximum absolute atomic E-state index is 12.5. The maximum Gasteiger partial charge on any atom is 0.259 e. The molecule has 1 atom stereocenters. The molecular weight excluding hydrogens is 360 g/mol. The molecule has 0 fully saturated rings. The van der Waals surface area contributed by atoms with Gasteiger partial charge in [-0.15, -0.1) is 11.3 Å². The first kappa shape index (κ1) is 17.9. The number of hydrogen-bond acceptors (Lipinski definition) is 5. The lowest BCUT2D eigenvalue weighted by Gasteiger charge is -2.13. The molecule has 1 aliphatic carbocycles. The third kappa shape index (κ3) is 3.78. The fraction of sp³-hybridized carbons (Fsp3) is 0.400. The smallest absolute Gasteiger partial charge is 0.259 e. The molecule has 6 nitrogen and oxygen atoms in total. The van der Waals surface area contributed by atoms with E-state index in [4.69, 9.17) is 0 Å². The Balaban J connectivity index is 1.44. The molecule has 2 N–H and O–H groups in total. The van der Waals surface area contributed by atoms with Crippen LogP contribution >= 0.6 is 11.3 Å². The molecule has 0 radical (unpaired) electrons. The van der Waals surface area contributed by atoms with Crippen molar-refractivity contribution in [1.82, 2.24) is 20.3 Å². The van der Waals surface area contributed by atoms with Gasteiger partial charge >= 0.3 is 0 Å². The Morgan fingerprint density at radius 3 is 3.04 bits per heavy atom. The molecule has 1 unspecified atom stereocenters. The zero-order valence-corrected chi connectivity index (χ0v) is 16.1. The quantitative estimate of drug-likeness (QED) is 0.710. The average molecular weight is 382 g/mol. The lowest BCUT2D eigenvalue weighted by atomic mass is 9.97. The van der Waals surface area contributed by atoms with E-state index in [1.165, 1.54) is 16.9 Å². The summed E-state index contributed by atoms with van der Waals surface area (Å²) in [7, 11) is 0. The van der Waals surface area contributed by atoms with Crippen LogP contribution in [0.3, 0.4) is 0 Å². The van der Waals surface area contributed by atoms with Crippen molar-refractivity contribution in [2.75, 3.05) is 0 Å². The molecular formula is C20H22N4O2S.